The number of pyridine rings is 1. The zero-order chi connectivity index (χ0) is 16.1. The lowest BCUT2D eigenvalue weighted by Crippen LogP contribution is -2.00. The first kappa shape index (κ1) is 13.5. The van der Waals surface area contributed by atoms with Crippen LogP contribution in [-0.2, 0) is 0 Å². The van der Waals surface area contributed by atoms with Gasteiger partial charge < -0.3 is 0 Å². The minimum Gasteiger partial charge on any atom is -0.248 e. The fraction of sp³-hybridized carbons (Fsp3) is 0. The maximum atomic E-state index is 6.08. The average Bonchev–Trinajstić information content (AvgIpc) is 3.02. The molecule has 0 atom stereocenters. The number of fused-ring (bicyclic) bond motifs is 3. The van der Waals surface area contributed by atoms with E-state index in [1.807, 2.05) is 59.3 Å². The van der Waals surface area contributed by atoms with Crippen LogP contribution in [0.1, 0.15) is 0 Å². The molecule has 0 aliphatic carbocycles. The van der Waals surface area contributed by atoms with Gasteiger partial charge in [-0.25, -0.2) is 9.67 Å². The third-order valence-corrected chi connectivity index (χ3v) is 4.41. The second-order valence-corrected chi connectivity index (χ2v) is 6.07. The van der Waals surface area contributed by atoms with E-state index in [-0.39, 0.29) is 0 Å². The van der Waals surface area contributed by atoms with Crippen LogP contribution in [0.3, 0.4) is 0 Å². The van der Waals surface area contributed by atoms with Crippen molar-refractivity contribution in [3.63, 3.8) is 0 Å². The topological polar surface area (TPSA) is 43.6 Å². The van der Waals surface area contributed by atoms with Crippen LogP contribution in [0.25, 0.3) is 38.5 Å². The molecular formula is C19H11ClN4. The van der Waals surface area contributed by atoms with Gasteiger partial charge in [0.15, 0.2) is 0 Å². The van der Waals surface area contributed by atoms with Gasteiger partial charge >= 0.3 is 0 Å². The SMILES string of the molecule is Clc1ccc2c(c1)nnn2-c1c2ccccc2nc2ccccc12. The minimum atomic E-state index is 0.652. The molecule has 0 saturated carbocycles. The summed E-state index contributed by atoms with van der Waals surface area (Å²) in [4.78, 5) is 4.76. The van der Waals surface area contributed by atoms with E-state index in [0.29, 0.717) is 5.02 Å². The zero-order valence-corrected chi connectivity index (χ0v) is 13.3. The van der Waals surface area contributed by atoms with E-state index in [2.05, 4.69) is 22.4 Å². The number of nitrogens with zero attached hydrogens (tertiary/aromatic N) is 4. The number of halogens is 1. The Hall–Kier alpha value is -2.98. The fourth-order valence-corrected chi connectivity index (χ4v) is 3.27. The van der Waals surface area contributed by atoms with Crippen molar-refractivity contribution >= 4 is 44.4 Å². The largest absolute Gasteiger partial charge is 0.248 e. The number of hydrogen-bond donors (Lipinski definition) is 0. The quantitative estimate of drug-likeness (QED) is 0.416. The van der Waals surface area contributed by atoms with Gasteiger partial charge in [0.2, 0.25) is 0 Å². The van der Waals surface area contributed by atoms with Gasteiger partial charge in [0.25, 0.3) is 0 Å². The molecule has 3 aromatic carbocycles. The highest BCUT2D eigenvalue weighted by atomic mass is 35.5. The Morgan fingerprint density at radius 1 is 0.750 bits per heavy atom. The molecule has 0 N–H and O–H groups in total. The van der Waals surface area contributed by atoms with Crippen LogP contribution in [-0.4, -0.2) is 20.0 Å². The Balaban J connectivity index is 1.99. The van der Waals surface area contributed by atoms with E-state index in [0.717, 1.165) is 38.5 Å². The molecule has 0 aliphatic rings. The summed E-state index contributed by atoms with van der Waals surface area (Å²) in [6.45, 7) is 0. The molecule has 0 unspecified atom stereocenters. The lowest BCUT2D eigenvalue weighted by atomic mass is 10.1. The third-order valence-electron chi connectivity index (χ3n) is 4.18. The maximum absolute atomic E-state index is 6.08. The number of aromatic nitrogens is 4. The summed E-state index contributed by atoms with van der Waals surface area (Å²) in [6.07, 6.45) is 0. The molecule has 0 bridgehead atoms. The van der Waals surface area contributed by atoms with Crippen LogP contribution >= 0.6 is 11.6 Å². The van der Waals surface area contributed by atoms with E-state index < -0.39 is 0 Å². The Morgan fingerprint density at radius 3 is 2.12 bits per heavy atom. The standard InChI is InChI=1S/C19H11ClN4/c20-12-9-10-18-17(11-12)22-23-24(18)19-13-5-1-3-7-15(13)21-16-8-4-2-6-14(16)19/h1-11H. The van der Waals surface area contributed by atoms with Gasteiger partial charge in [0.05, 0.1) is 22.2 Å². The molecule has 2 aromatic heterocycles. The Labute approximate surface area is 142 Å². The molecule has 5 rings (SSSR count). The first-order valence-electron chi connectivity index (χ1n) is 7.60. The Kier molecular flexibility index (Phi) is 2.81. The first-order valence-corrected chi connectivity index (χ1v) is 7.98. The van der Waals surface area contributed by atoms with Gasteiger partial charge in [-0.1, -0.05) is 53.2 Å². The van der Waals surface area contributed by atoms with Crippen LogP contribution in [0.4, 0.5) is 0 Å². The summed E-state index contributed by atoms with van der Waals surface area (Å²) in [7, 11) is 0. The van der Waals surface area contributed by atoms with Crippen LogP contribution in [0.15, 0.2) is 66.7 Å². The molecule has 0 aliphatic heterocycles. The van der Waals surface area contributed by atoms with Crippen molar-refractivity contribution in [1.82, 2.24) is 20.0 Å². The molecule has 0 fully saturated rings. The summed E-state index contributed by atoms with van der Waals surface area (Å²) < 4.78 is 1.87. The average molecular weight is 331 g/mol. The summed E-state index contributed by atoms with van der Waals surface area (Å²) in [6, 6.07) is 21.8. The Morgan fingerprint density at radius 2 is 1.42 bits per heavy atom. The predicted molar refractivity (Wildman–Crippen MR) is 96.7 cm³/mol. The van der Waals surface area contributed by atoms with E-state index in [4.69, 9.17) is 16.6 Å². The minimum absolute atomic E-state index is 0.652. The molecule has 4 nitrogen and oxygen atoms in total. The molecular weight excluding hydrogens is 320 g/mol. The number of hydrogen-bond acceptors (Lipinski definition) is 3. The fourth-order valence-electron chi connectivity index (χ4n) is 3.11. The van der Waals surface area contributed by atoms with Crippen LogP contribution in [0.2, 0.25) is 5.02 Å². The van der Waals surface area contributed by atoms with Gasteiger partial charge in [-0.2, -0.15) is 0 Å². The highest BCUT2D eigenvalue weighted by Gasteiger charge is 2.14. The maximum Gasteiger partial charge on any atom is 0.115 e. The summed E-state index contributed by atoms with van der Waals surface area (Å²) >= 11 is 6.08. The zero-order valence-electron chi connectivity index (χ0n) is 12.5. The predicted octanol–water partition coefficient (Wildman–Crippen LogP) is 4.78. The van der Waals surface area contributed by atoms with Crippen molar-refractivity contribution in [1.29, 1.82) is 0 Å². The van der Waals surface area contributed by atoms with Crippen molar-refractivity contribution in [2.24, 2.45) is 0 Å². The van der Waals surface area contributed by atoms with E-state index >= 15 is 0 Å². The van der Waals surface area contributed by atoms with Crippen molar-refractivity contribution in [2.75, 3.05) is 0 Å². The van der Waals surface area contributed by atoms with Crippen molar-refractivity contribution in [3.05, 3.63) is 71.8 Å². The highest BCUT2D eigenvalue weighted by molar-refractivity contribution is 6.31. The molecule has 24 heavy (non-hydrogen) atoms. The molecule has 114 valence electrons. The van der Waals surface area contributed by atoms with Gasteiger partial charge in [-0.05, 0) is 30.3 Å². The number of para-hydroxylation sites is 2. The molecule has 5 aromatic rings. The van der Waals surface area contributed by atoms with Gasteiger partial charge in [-0.15, -0.1) is 5.10 Å². The van der Waals surface area contributed by atoms with E-state index in [1.54, 1.807) is 0 Å². The van der Waals surface area contributed by atoms with E-state index in [1.165, 1.54) is 0 Å². The molecule has 0 spiro atoms. The van der Waals surface area contributed by atoms with Gasteiger partial charge in [0, 0.05) is 15.8 Å². The lowest BCUT2D eigenvalue weighted by molar-refractivity contribution is 0.833. The number of rotatable bonds is 1. The summed E-state index contributed by atoms with van der Waals surface area (Å²) in [5, 5.41) is 11.4. The first-order chi connectivity index (χ1) is 11.8. The normalized spacial score (nSPS) is 11.5. The summed E-state index contributed by atoms with van der Waals surface area (Å²) in [5.41, 5.74) is 4.54. The Bertz CT molecular complexity index is 1170. The van der Waals surface area contributed by atoms with Crippen LogP contribution in [0.5, 0.6) is 0 Å². The van der Waals surface area contributed by atoms with Crippen LogP contribution in [0, 0.1) is 0 Å². The van der Waals surface area contributed by atoms with Gasteiger partial charge in [0.1, 0.15) is 5.52 Å². The van der Waals surface area contributed by atoms with Crippen molar-refractivity contribution in [2.45, 2.75) is 0 Å². The number of benzene rings is 3. The molecule has 2 heterocycles. The highest BCUT2D eigenvalue weighted by Crippen LogP contribution is 2.31. The van der Waals surface area contributed by atoms with Crippen molar-refractivity contribution in [3.8, 4) is 5.69 Å². The molecule has 0 amide bonds. The van der Waals surface area contributed by atoms with Crippen LogP contribution < -0.4 is 0 Å². The van der Waals surface area contributed by atoms with Gasteiger partial charge in [-0.3, -0.25) is 0 Å². The smallest absolute Gasteiger partial charge is 0.115 e. The summed E-state index contributed by atoms with van der Waals surface area (Å²) in [5.74, 6) is 0. The molecule has 0 saturated heterocycles. The second-order valence-electron chi connectivity index (χ2n) is 5.63. The monoisotopic (exact) mass is 330 g/mol. The van der Waals surface area contributed by atoms with Crippen molar-refractivity contribution < 1.29 is 0 Å². The van der Waals surface area contributed by atoms with E-state index in [9.17, 15) is 0 Å². The molecule has 5 heteroatoms. The third kappa shape index (κ3) is 1.90. The molecule has 0 radical (unpaired) electrons. The second kappa shape index (κ2) is 5.01. The lowest BCUT2D eigenvalue weighted by Gasteiger charge is -2.11.